The Morgan fingerprint density at radius 2 is 1.89 bits per heavy atom. The first-order chi connectivity index (χ1) is 9.28. The summed E-state index contributed by atoms with van der Waals surface area (Å²) in [6.07, 6.45) is 0. The lowest BCUT2D eigenvalue weighted by atomic mass is 10.1. The van der Waals surface area contributed by atoms with Gasteiger partial charge in [0.05, 0.1) is 0 Å². The second-order valence-corrected chi connectivity index (χ2v) is 4.83. The SMILES string of the molecule is CNCc1cccc(-c2cc3cccc(C)c3o2)c1. The fourth-order valence-corrected chi connectivity index (χ4v) is 2.39. The van der Waals surface area contributed by atoms with Crippen LogP contribution in [0.3, 0.4) is 0 Å². The molecule has 2 aromatic carbocycles. The van der Waals surface area contributed by atoms with E-state index in [2.05, 4.69) is 60.8 Å². The van der Waals surface area contributed by atoms with E-state index in [9.17, 15) is 0 Å². The van der Waals surface area contributed by atoms with Gasteiger partial charge in [-0.05, 0) is 37.2 Å². The van der Waals surface area contributed by atoms with Crippen molar-refractivity contribution in [1.82, 2.24) is 5.32 Å². The van der Waals surface area contributed by atoms with Gasteiger partial charge in [-0.3, -0.25) is 0 Å². The zero-order valence-electron chi connectivity index (χ0n) is 11.2. The van der Waals surface area contributed by atoms with E-state index in [0.717, 1.165) is 28.8 Å². The minimum Gasteiger partial charge on any atom is -0.456 e. The van der Waals surface area contributed by atoms with Gasteiger partial charge >= 0.3 is 0 Å². The molecule has 0 aliphatic rings. The zero-order valence-corrected chi connectivity index (χ0v) is 11.2. The van der Waals surface area contributed by atoms with Crippen molar-refractivity contribution in [2.24, 2.45) is 0 Å². The Balaban J connectivity index is 2.08. The molecule has 2 heteroatoms. The molecule has 19 heavy (non-hydrogen) atoms. The predicted molar refractivity (Wildman–Crippen MR) is 79.2 cm³/mol. The molecular formula is C17H17NO. The number of rotatable bonds is 3. The summed E-state index contributed by atoms with van der Waals surface area (Å²) >= 11 is 0. The minimum absolute atomic E-state index is 0.868. The van der Waals surface area contributed by atoms with Gasteiger partial charge in [-0.1, -0.05) is 36.4 Å². The van der Waals surface area contributed by atoms with Crippen LogP contribution in [0.1, 0.15) is 11.1 Å². The predicted octanol–water partition coefficient (Wildman–Crippen LogP) is 4.13. The third-order valence-electron chi connectivity index (χ3n) is 3.33. The largest absolute Gasteiger partial charge is 0.456 e. The first-order valence-electron chi connectivity index (χ1n) is 6.51. The average Bonchev–Trinajstić information content (AvgIpc) is 2.85. The zero-order chi connectivity index (χ0) is 13.2. The minimum atomic E-state index is 0.868. The molecule has 0 radical (unpaired) electrons. The molecule has 0 spiro atoms. The van der Waals surface area contributed by atoms with Crippen LogP contribution in [0.25, 0.3) is 22.3 Å². The van der Waals surface area contributed by atoms with Crippen LogP contribution in [0.4, 0.5) is 0 Å². The fraction of sp³-hybridized carbons (Fsp3) is 0.176. The lowest BCUT2D eigenvalue weighted by Crippen LogP contribution is -2.04. The smallest absolute Gasteiger partial charge is 0.137 e. The van der Waals surface area contributed by atoms with Crippen LogP contribution in [0.5, 0.6) is 0 Å². The Morgan fingerprint density at radius 3 is 2.68 bits per heavy atom. The highest BCUT2D eigenvalue weighted by atomic mass is 16.3. The standard InChI is InChI=1S/C17H17NO/c1-12-5-3-8-15-10-16(19-17(12)15)14-7-4-6-13(9-14)11-18-2/h3-10,18H,11H2,1-2H3. The molecule has 3 aromatic rings. The highest BCUT2D eigenvalue weighted by Crippen LogP contribution is 2.29. The van der Waals surface area contributed by atoms with Gasteiger partial charge in [-0.25, -0.2) is 0 Å². The summed E-state index contributed by atoms with van der Waals surface area (Å²) in [6.45, 7) is 2.94. The number of aryl methyl sites for hydroxylation is 1. The van der Waals surface area contributed by atoms with E-state index in [-0.39, 0.29) is 0 Å². The van der Waals surface area contributed by atoms with E-state index in [1.807, 2.05) is 7.05 Å². The summed E-state index contributed by atoms with van der Waals surface area (Å²) in [6, 6.07) is 16.8. The number of nitrogens with one attached hydrogen (secondary N) is 1. The van der Waals surface area contributed by atoms with Gasteiger partial charge in [0.2, 0.25) is 0 Å². The molecule has 0 aliphatic carbocycles. The van der Waals surface area contributed by atoms with Crippen molar-refractivity contribution in [3.05, 3.63) is 59.7 Å². The molecule has 1 heterocycles. The first-order valence-corrected chi connectivity index (χ1v) is 6.51. The quantitative estimate of drug-likeness (QED) is 0.757. The molecular weight excluding hydrogens is 234 g/mol. The lowest BCUT2D eigenvalue weighted by molar-refractivity contribution is 0.628. The van der Waals surface area contributed by atoms with Gasteiger partial charge in [0, 0.05) is 17.5 Å². The maximum absolute atomic E-state index is 6.00. The van der Waals surface area contributed by atoms with E-state index in [1.54, 1.807) is 0 Å². The van der Waals surface area contributed by atoms with Gasteiger partial charge in [0.25, 0.3) is 0 Å². The van der Waals surface area contributed by atoms with Crippen LogP contribution in [-0.2, 0) is 6.54 Å². The van der Waals surface area contributed by atoms with Crippen LogP contribution >= 0.6 is 0 Å². The van der Waals surface area contributed by atoms with Crippen molar-refractivity contribution in [2.75, 3.05) is 7.05 Å². The lowest BCUT2D eigenvalue weighted by Gasteiger charge is -2.02. The van der Waals surface area contributed by atoms with Gasteiger partial charge < -0.3 is 9.73 Å². The summed E-state index contributed by atoms with van der Waals surface area (Å²) in [4.78, 5) is 0. The highest BCUT2D eigenvalue weighted by molar-refractivity contribution is 5.85. The average molecular weight is 251 g/mol. The molecule has 1 aromatic heterocycles. The van der Waals surface area contributed by atoms with Gasteiger partial charge in [-0.2, -0.15) is 0 Å². The number of hydrogen-bond donors (Lipinski definition) is 1. The molecule has 0 aliphatic heterocycles. The van der Waals surface area contributed by atoms with Crippen molar-refractivity contribution in [3.8, 4) is 11.3 Å². The van der Waals surface area contributed by atoms with Crippen molar-refractivity contribution in [2.45, 2.75) is 13.5 Å². The maximum atomic E-state index is 6.00. The van der Waals surface area contributed by atoms with E-state index < -0.39 is 0 Å². The van der Waals surface area contributed by atoms with Gasteiger partial charge in [0.15, 0.2) is 0 Å². The van der Waals surface area contributed by atoms with Crippen LogP contribution < -0.4 is 5.32 Å². The van der Waals surface area contributed by atoms with E-state index in [0.29, 0.717) is 0 Å². The summed E-state index contributed by atoms with van der Waals surface area (Å²) in [5.41, 5.74) is 4.55. The monoisotopic (exact) mass is 251 g/mol. The molecule has 0 saturated carbocycles. The Kier molecular flexibility index (Phi) is 3.10. The summed E-state index contributed by atoms with van der Waals surface area (Å²) < 4.78 is 6.00. The Bertz CT molecular complexity index is 712. The molecule has 0 bridgehead atoms. The molecule has 0 saturated heterocycles. The Hall–Kier alpha value is -2.06. The summed E-state index contributed by atoms with van der Waals surface area (Å²) in [5.74, 6) is 0.933. The molecule has 0 atom stereocenters. The van der Waals surface area contributed by atoms with Crippen molar-refractivity contribution in [3.63, 3.8) is 0 Å². The molecule has 0 fully saturated rings. The molecule has 0 unspecified atom stereocenters. The van der Waals surface area contributed by atoms with Gasteiger partial charge in [-0.15, -0.1) is 0 Å². The number of furan rings is 1. The van der Waals surface area contributed by atoms with Crippen LogP contribution in [0.2, 0.25) is 0 Å². The van der Waals surface area contributed by atoms with Crippen molar-refractivity contribution in [1.29, 1.82) is 0 Å². The third kappa shape index (κ3) is 2.27. The van der Waals surface area contributed by atoms with Crippen LogP contribution in [0.15, 0.2) is 52.9 Å². The Morgan fingerprint density at radius 1 is 1.05 bits per heavy atom. The topological polar surface area (TPSA) is 25.2 Å². The normalized spacial score (nSPS) is 11.1. The van der Waals surface area contributed by atoms with E-state index in [4.69, 9.17) is 4.42 Å². The molecule has 1 N–H and O–H groups in total. The second-order valence-electron chi connectivity index (χ2n) is 4.83. The number of fused-ring (bicyclic) bond motifs is 1. The number of para-hydroxylation sites is 1. The van der Waals surface area contributed by atoms with Crippen LogP contribution in [0, 0.1) is 6.92 Å². The third-order valence-corrected chi connectivity index (χ3v) is 3.33. The van der Waals surface area contributed by atoms with Gasteiger partial charge in [0.1, 0.15) is 11.3 Å². The summed E-state index contributed by atoms with van der Waals surface area (Å²) in [7, 11) is 1.96. The number of benzene rings is 2. The highest BCUT2D eigenvalue weighted by Gasteiger charge is 2.08. The second kappa shape index (κ2) is 4.90. The van der Waals surface area contributed by atoms with E-state index in [1.165, 1.54) is 11.1 Å². The van der Waals surface area contributed by atoms with Crippen molar-refractivity contribution < 1.29 is 4.42 Å². The maximum Gasteiger partial charge on any atom is 0.137 e. The fourth-order valence-electron chi connectivity index (χ4n) is 2.39. The molecule has 2 nitrogen and oxygen atoms in total. The van der Waals surface area contributed by atoms with Crippen molar-refractivity contribution >= 4 is 11.0 Å². The van der Waals surface area contributed by atoms with Crippen LogP contribution in [-0.4, -0.2) is 7.05 Å². The summed E-state index contributed by atoms with van der Waals surface area (Å²) in [5, 5.41) is 4.33. The van der Waals surface area contributed by atoms with E-state index >= 15 is 0 Å². The molecule has 96 valence electrons. The Labute approximate surface area is 113 Å². The molecule has 3 rings (SSSR count). The number of hydrogen-bond acceptors (Lipinski definition) is 2. The molecule has 0 amide bonds. The first kappa shape index (κ1) is 12.0.